The molecule has 23 heteroatoms. The first-order chi connectivity index (χ1) is 48.7. The summed E-state index contributed by atoms with van der Waals surface area (Å²) in [6.07, 6.45) is 9.55. The fraction of sp³-hybridized carbons (Fsp3) is 0.329. The number of anilines is 4. The number of carboxylic acids is 2. The molecule has 9 rings (SSSR count). The number of aliphatic carboxylic acids is 2. The van der Waals surface area contributed by atoms with Crippen LogP contribution in [0.15, 0.2) is 157 Å². The van der Waals surface area contributed by atoms with Crippen LogP contribution < -0.4 is 60.8 Å². The number of carbonyl (C=O) groups excluding carboxylic acids is 7. The second kappa shape index (κ2) is 39.3. The number of hydrogen-bond acceptors (Lipinski definition) is 19. The van der Waals surface area contributed by atoms with Gasteiger partial charge in [0.1, 0.15) is 40.6 Å². The second-order valence-corrected chi connectivity index (χ2v) is 23.6. The molecule has 23 nitrogen and oxygen atoms in total. The Hall–Kier alpha value is -11.5. The minimum Gasteiger partial charge on any atom is -0.550 e. The van der Waals surface area contributed by atoms with E-state index in [1.807, 2.05) is 67.6 Å². The average Bonchev–Trinajstić information content (AvgIpc) is 0.750. The van der Waals surface area contributed by atoms with Crippen molar-refractivity contribution in [3.05, 3.63) is 170 Å². The summed E-state index contributed by atoms with van der Waals surface area (Å²) in [6, 6.07) is 32.1. The molecule has 0 bridgehead atoms. The van der Waals surface area contributed by atoms with Gasteiger partial charge in [0.15, 0.2) is 18.4 Å². The molecule has 5 aliphatic rings. The van der Waals surface area contributed by atoms with E-state index in [0.29, 0.717) is 80.9 Å². The number of methoxy groups -OCH3 is 3. The second-order valence-electron chi connectivity index (χ2n) is 23.6. The van der Waals surface area contributed by atoms with Gasteiger partial charge in [0, 0.05) is 181 Å². The maximum absolute atomic E-state index is 12.0. The minimum absolute atomic E-state index is 0.160. The molecule has 4 amide bonds. The number of aryl methyl sites for hydroxylation is 2. The van der Waals surface area contributed by atoms with Crippen LogP contribution in [0.2, 0.25) is 0 Å². The van der Waals surface area contributed by atoms with Gasteiger partial charge in [0.25, 0.3) is 0 Å². The van der Waals surface area contributed by atoms with Crippen molar-refractivity contribution in [1.82, 2.24) is 14.4 Å². The highest BCUT2D eigenvalue weighted by atomic mass is 16.5. The number of amides is 4. The fourth-order valence-electron chi connectivity index (χ4n) is 11.6. The first kappa shape index (κ1) is 81.2. The molecule has 542 valence electrons. The predicted octanol–water partition coefficient (Wildman–Crippen LogP) is 8.50. The zero-order valence-corrected chi connectivity index (χ0v) is 60.7. The highest BCUT2D eigenvalue weighted by Gasteiger charge is 2.33. The molecule has 0 radical (unpaired) electrons. The third-order valence-electron chi connectivity index (χ3n) is 16.4. The Balaban J connectivity index is 0.000000299. The molecule has 3 heterocycles. The third-order valence-corrected chi connectivity index (χ3v) is 16.4. The van der Waals surface area contributed by atoms with E-state index in [4.69, 9.17) is 58.7 Å². The van der Waals surface area contributed by atoms with Crippen LogP contribution in [0, 0.1) is 13.8 Å². The van der Waals surface area contributed by atoms with Crippen LogP contribution in [-0.4, -0.2) is 146 Å². The molecule has 0 atom stereocenters. The maximum atomic E-state index is 12.0. The van der Waals surface area contributed by atoms with Crippen LogP contribution in [0.3, 0.4) is 0 Å². The van der Waals surface area contributed by atoms with Gasteiger partial charge in [-0.05, 0) is 133 Å². The normalized spacial score (nSPS) is 11.5. The SMILES string of the molecule is C=CCN(CC=C)c1ccc2c(-c3cc(C)c(N(CC)CCCC(=O)OCC)cc3OC)c3ccc(=[N+](CC=C)CC=C)cc-3oc2c1.CC(=O)[O-].CC(=O)[O-].CCN(CCCC(=O)OC)c1cc(OC)c(-c2c3ccc(=[NH2+])cc-3oc3cc(N)ccc23)cc1C.CN1C(=O)CC(=O)N(C)C1=O. The van der Waals surface area contributed by atoms with Crippen LogP contribution in [0.4, 0.5) is 27.5 Å². The zero-order chi connectivity index (χ0) is 75.5. The van der Waals surface area contributed by atoms with Gasteiger partial charge < -0.3 is 68.0 Å². The molecule has 3 aliphatic heterocycles. The Morgan fingerprint density at radius 3 is 1.52 bits per heavy atom. The van der Waals surface area contributed by atoms with Crippen molar-refractivity contribution in [3.63, 3.8) is 0 Å². The molecular formula is C79H96N8O15. The van der Waals surface area contributed by atoms with E-state index >= 15 is 0 Å². The van der Waals surface area contributed by atoms with Crippen molar-refractivity contribution in [2.75, 3.05) is 115 Å². The standard InChI is InChI=1S/C41H50N3O4.C28H31N3O4.C6H8N2O3.2C2H4O2/c1-9-21-43(22-10-2)31-17-19-33-38(27-31)48-39-28-32(44(23-11-3)24-12-4)18-20-34(39)41(33)35-26-30(7)36(29-37(35)46-8)42(13-5)25-15-16-40(45)47-14-6;1-5-31(12-6-7-27(32)34-4)23-16-24(33-3)22(13-17(23)2)28-20-10-8-18(29)14-25(20)35-26-15-19(30)9-11-21(26)28;1-7-4(9)3-5(10)8(2)6(7)11;2*1-2(3)4/h9-12,17-20,26-29H,1-4,13-16,21-25H2,5-8H3;8-11,13-16,29H,5-7,12,30H2,1-4H3;3H2,1-2H3;2*1H3,(H,3,4)/q+1;;;;/p-1. The number of carboxylic acid groups (broad SMARTS) is 2. The summed E-state index contributed by atoms with van der Waals surface area (Å²) in [5.41, 5.74) is 19.4. The Bertz CT molecular complexity index is 4350. The van der Waals surface area contributed by atoms with Gasteiger partial charge in [-0.2, -0.15) is 0 Å². The molecule has 0 saturated carbocycles. The molecule has 4 aromatic carbocycles. The molecule has 2 aliphatic carbocycles. The quantitative estimate of drug-likeness (QED) is 0.0128. The van der Waals surface area contributed by atoms with Crippen LogP contribution in [0.5, 0.6) is 11.5 Å². The smallest absolute Gasteiger partial charge is 0.332 e. The number of barbiturate groups is 1. The number of nitrogens with zero attached hydrogens (tertiary/aromatic N) is 6. The van der Waals surface area contributed by atoms with Crippen molar-refractivity contribution in [2.45, 2.75) is 80.6 Å². The molecule has 0 unspecified atom stereocenters. The number of nitrogen functional groups attached to an aromatic ring is 1. The highest BCUT2D eigenvalue weighted by molar-refractivity contribution is 6.13. The van der Waals surface area contributed by atoms with Crippen LogP contribution in [-0.2, 0) is 38.2 Å². The summed E-state index contributed by atoms with van der Waals surface area (Å²) >= 11 is 0. The predicted molar refractivity (Wildman–Crippen MR) is 396 cm³/mol. The van der Waals surface area contributed by atoms with Gasteiger partial charge in [-0.3, -0.25) is 34.4 Å². The number of hydrogen-bond donors (Lipinski definition) is 2. The van der Waals surface area contributed by atoms with Crippen LogP contribution >= 0.6 is 0 Å². The van der Waals surface area contributed by atoms with Crippen LogP contribution in [0.25, 0.3) is 66.8 Å². The van der Waals surface area contributed by atoms with Crippen molar-refractivity contribution in [2.24, 2.45) is 0 Å². The van der Waals surface area contributed by atoms with Gasteiger partial charge in [-0.25, -0.2) is 9.37 Å². The largest absolute Gasteiger partial charge is 0.550 e. The molecule has 0 aromatic heterocycles. The Morgan fingerprint density at radius 1 is 0.608 bits per heavy atom. The van der Waals surface area contributed by atoms with Gasteiger partial charge in [0.2, 0.25) is 17.2 Å². The van der Waals surface area contributed by atoms with E-state index < -0.39 is 29.8 Å². The van der Waals surface area contributed by atoms with Gasteiger partial charge >= 0.3 is 18.0 Å². The zero-order valence-electron chi connectivity index (χ0n) is 60.7. The van der Waals surface area contributed by atoms with Crippen molar-refractivity contribution >= 4 is 86.4 Å². The number of carbonyl (C=O) groups is 7. The van der Waals surface area contributed by atoms with Crippen molar-refractivity contribution in [1.29, 1.82) is 0 Å². The first-order valence-corrected chi connectivity index (χ1v) is 33.3. The molecule has 0 spiro atoms. The Labute approximate surface area is 596 Å². The Morgan fingerprint density at radius 2 is 1.07 bits per heavy atom. The summed E-state index contributed by atoms with van der Waals surface area (Å²) < 4.78 is 37.1. The number of rotatable bonds is 26. The van der Waals surface area contributed by atoms with E-state index in [1.165, 1.54) is 21.2 Å². The molecule has 4 N–H and O–H groups in total. The average molecular weight is 1400 g/mol. The van der Waals surface area contributed by atoms with E-state index in [-0.39, 0.29) is 18.4 Å². The first-order valence-electron chi connectivity index (χ1n) is 33.3. The highest BCUT2D eigenvalue weighted by Crippen LogP contribution is 2.48. The number of benzene rings is 6. The lowest BCUT2D eigenvalue weighted by Gasteiger charge is -2.27. The third kappa shape index (κ3) is 21.5. The monoisotopic (exact) mass is 1400 g/mol. The van der Waals surface area contributed by atoms with E-state index in [0.717, 1.165) is 150 Å². The van der Waals surface area contributed by atoms with E-state index in [2.05, 4.69) is 134 Å². The number of fused-ring (bicyclic) bond motifs is 4. The Kier molecular flexibility index (Phi) is 31.3. The summed E-state index contributed by atoms with van der Waals surface area (Å²) in [5, 5.41) is 27.4. The van der Waals surface area contributed by atoms with Gasteiger partial charge in [-0.1, -0.05) is 25.3 Å². The number of nitrogens with two attached hydrogens (primary N) is 2. The number of imide groups is 2. The van der Waals surface area contributed by atoms with E-state index in [9.17, 15) is 24.0 Å². The number of urea groups is 1. The molecule has 1 saturated heterocycles. The van der Waals surface area contributed by atoms with Crippen LogP contribution in [0.1, 0.15) is 77.8 Å². The van der Waals surface area contributed by atoms with Gasteiger partial charge in [0.05, 0.1) is 40.1 Å². The summed E-state index contributed by atoms with van der Waals surface area (Å²) in [5.74, 6) is -0.453. The molecule has 102 heavy (non-hydrogen) atoms. The summed E-state index contributed by atoms with van der Waals surface area (Å²) in [6.45, 7) is 34.2. The molecule has 1 fully saturated rings. The lowest BCUT2D eigenvalue weighted by atomic mass is 9.91. The van der Waals surface area contributed by atoms with Gasteiger partial charge in [-0.15, -0.1) is 13.2 Å². The topological polar surface area (TPSA) is 300 Å². The summed E-state index contributed by atoms with van der Waals surface area (Å²) in [7, 11) is 7.52. The fourth-order valence-corrected chi connectivity index (χ4v) is 11.6. The minimum atomic E-state index is -1.08. The maximum Gasteiger partial charge on any atom is 0.332 e. The lowest BCUT2D eigenvalue weighted by Crippen LogP contribution is -2.51. The van der Waals surface area contributed by atoms with E-state index in [1.54, 1.807) is 14.2 Å². The van der Waals surface area contributed by atoms with Crippen molar-refractivity contribution in [3.8, 4) is 56.4 Å². The molecule has 4 aromatic rings. The lowest BCUT2D eigenvalue weighted by molar-refractivity contribution is -0.303. The number of esters is 2. The van der Waals surface area contributed by atoms with Crippen molar-refractivity contribution < 1.29 is 77.0 Å². The number of ether oxygens (including phenoxy) is 4. The molecular weight excluding hydrogens is 1300 g/mol. The summed E-state index contributed by atoms with van der Waals surface area (Å²) in [4.78, 5) is 82.5.